The monoisotopic (exact) mass is 339 g/mol. The molecule has 0 bridgehead atoms. The fourth-order valence-corrected chi connectivity index (χ4v) is 3.47. The summed E-state index contributed by atoms with van der Waals surface area (Å²) >= 11 is 1.51. The van der Waals surface area contributed by atoms with Gasteiger partial charge in [0.1, 0.15) is 11.6 Å². The van der Waals surface area contributed by atoms with Gasteiger partial charge in [-0.2, -0.15) is 5.26 Å². The first-order chi connectivity index (χ1) is 11.7. The first-order valence-electron chi connectivity index (χ1n) is 7.38. The van der Waals surface area contributed by atoms with Gasteiger partial charge >= 0.3 is 0 Å². The van der Waals surface area contributed by atoms with Crippen LogP contribution in [0.25, 0.3) is 17.0 Å². The highest BCUT2D eigenvalue weighted by Gasteiger charge is 2.25. The van der Waals surface area contributed by atoms with Crippen molar-refractivity contribution in [2.24, 2.45) is 7.05 Å². The Kier molecular flexibility index (Phi) is 3.59. The molecule has 0 N–H and O–H groups in total. The van der Waals surface area contributed by atoms with E-state index >= 15 is 0 Å². The van der Waals surface area contributed by atoms with Gasteiger partial charge < -0.3 is 4.74 Å². The van der Waals surface area contributed by atoms with Crippen LogP contribution in [-0.4, -0.2) is 37.6 Å². The van der Waals surface area contributed by atoms with Crippen LogP contribution in [-0.2, 0) is 11.8 Å². The lowest BCUT2D eigenvalue weighted by Crippen LogP contribution is -2.24. The molecule has 1 aromatic carbocycles. The van der Waals surface area contributed by atoms with Crippen molar-refractivity contribution < 1.29 is 4.74 Å². The Balaban J connectivity index is 2.02. The highest BCUT2D eigenvalue weighted by Crippen LogP contribution is 2.28. The van der Waals surface area contributed by atoms with Crippen molar-refractivity contribution in [2.45, 2.75) is 11.3 Å². The molecule has 24 heavy (non-hydrogen) atoms. The van der Waals surface area contributed by atoms with E-state index in [9.17, 15) is 10.1 Å². The molecule has 1 fully saturated rings. The Hall–Kier alpha value is -2.63. The second-order valence-electron chi connectivity index (χ2n) is 5.45. The lowest BCUT2D eigenvalue weighted by molar-refractivity contribution is 0.426. The molecule has 0 amide bonds. The summed E-state index contributed by atoms with van der Waals surface area (Å²) in [4.78, 5) is 12.5. The number of aryl methyl sites for hydroxylation is 1. The fourth-order valence-electron chi connectivity index (χ4n) is 2.54. The van der Waals surface area contributed by atoms with Gasteiger partial charge in [0.05, 0.1) is 18.4 Å². The average molecular weight is 339 g/mol. The highest BCUT2D eigenvalue weighted by atomic mass is 32.2. The number of nitriles is 1. The Bertz CT molecular complexity index is 1010. The van der Waals surface area contributed by atoms with Crippen molar-refractivity contribution >= 4 is 17.5 Å². The van der Waals surface area contributed by atoms with Crippen LogP contribution in [0.3, 0.4) is 0 Å². The molecule has 4 rings (SSSR count). The zero-order valence-electron chi connectivity index (χ0n) is 12.8. The van der Waals surface area contributed by atoms with E-state index in [1.165, 1.54) is 16.3 Å². The van der Waals surface area contributed by atoms with E-state index in [4.69, 9.17) is 4.74 Å². The number of hydrogen-bond donors (Lipinski definition) is 0. The number of nitrogens with zero attached hydrogens (tertiary/aromatic N) is 5. The van der Waals surface area contributed by atoms with Crippen molar-refractivity contribution in [1.82, 2.24) is 19.2 Å². The molecule has 1 saturated heterocycles. The van der Waals surface area contributed by atoms with E-state index in [0.29, 0.717) is 16.6 Å². The van der Waals surface area contributed by atoms with E-state index in [0.717, 1.165) is 17.9 Å². The quantitative estimate of drug-likeness (QED) is 0.528. The molecule has 1 aliphatic rings. The first-order valence-corrected chi connectivity index (χ1v) is 8.37. The molecule has 0 aliphatic carbocycles. The maximum Gasteiger partial charge on any atom is 0.273 e. The Morgan fingerprint density at radius 2 is 2.12 bits per heavy atom. The average Bonchev–Trinajstić information content (AvgIpc) is 3.35. The number of ether oxygens (including phenoxy) is 1. The van der Waals surface area contributed by atoms with Crippen molar-refractivity contribution in [1.29, 1.82) is 5.26 Å². The lowest BCUT2D eigenvalue weighted by atomic mass is 10.1. The molecule has 1 unspecified atom stereocenters. The van der Waals surface area contributed by atoms with Gasteiger partial charge in [0.2, 0.25) is 5.78 Å². The first kappa shape index (κ1) is 14.9. The third kappa shape index (κ3) is 2.38. The zero-order valence-corrected chi connectivity index (χ0v) is 13.7. The summed E-state index contributed by atoms with van der Waals surface area (Å²) in [6.45, 7) is 0.761. The van der Waals surface area contributed by atoms with Crippen LogP contribution in [0.1, 0.15) is 5.56 Å². The maximum absolute atomic E-state index is 12.5. The molecule has 7 nitrogen and oxygen atoms in total. The van der Waals surface area contributed by atoms with E-state index in [-0.39, 0.29) is 17.2 Å². The van der Waals surface area contributed by atoms with Gasteiger partial charge in [-0.1, -0.05) is 42.1 Å². The molecule has 1 aliphatic heterocycles. The van der Waals surface area contributed by atoms with Gasteiger partial charge in [-0.15, -0.1) is 10.2 Å². The van der Waals surface area contributed by atoms with E-state index in [2.05, 4.69) is 10.2 Å². The summed E-state index contributed by atoms with van der Waals surface area (Å²) in [7, 11) is 1.60. The third-order valence-electron chi connectivity index (χ3n) is 3.85. The molecular formula is C16H13N5O2S. The summed E-state index contributed by atoms with van der Waals surface area (Å²) in [5, 5.41) is 18.6. The lowest BCUT2D eigenvalue weighted by Gasteiger charge is -2.11. The molecule has 2 aromatic heterocycles. The molecular weight excluding hydrogens is 326 g/mol. The van der Waals surface area contributed by atoms with Gasteiger partial charge in [0, 0.05) is 18.4 Å². The van der Waals surface area contributed by atoms with Gasteiger partial charge in [0.25, 0.3) is 5.56 Å². The molecule has 8 heteroatoms. The van der Waals surface area contributed by atoms with Gasteiger partial charge in [-0.25, -0.2) is 0 Å². The molecule has 0 radical (unpaired) electrons. The third-order valence-corrected chi connectivity index (χ3v) is 4.92. The molecule has 120 valence electrons. The highest BCUT2D eigenvalue weighted by molar-refractivity contribution is 7.99. The molecule has 0 spiro atoms. The van der Waals surface area contributed by atoms with E-state index in [1.807, 2.05) is 36.4 Å². The number of benzene rings is 1. The van der Waals surface area contributed by atoms with Crippen LogP contribution in [0.4, 0.5) is 0 Å². The van der Waals surface area contributed by atoms with E-state index in [1.54, 1.807) is 11.4 Å². The second-order valence-corrected chi connectivity index (χ2v) is 6.44. The minimum Gasteiger partial charge on any atom is -0.372 e. The smallest absolute Gasteiger partial charge is 0.273 e. The number of epoxide rings is 1. The summed E-state index contributed by atoms with van der Waals surface area (Å²) in [5.41, 5.74) is 1.01. The molecule has 0 saturated carbocycles. The summed E-state index contributed by atoms with van der Waals surface area (Å²) in [6, 6.07) is 11.4. The van der Waals surface area contributed by atoms with Crippen LogP contribution in [0.15, 0.2) is 40.3 Å². The Morgan fingerprint density at radius 3 is 2.79 bits per heavy atom. The number of hydrogen-bond acceptors (Lipinski definition) is 6. The minimum atomic E-state index is -0.377. The Morgan fingerprint density at radius 1 is 1.38 bits per heavy atom. The standard InChI is InChI=1S/C16H13N5O2S/c1-20-14(22)12(7-17)13(10-5-3-2-4-6-10)21-15(20)18-19-16(21)24-9-11-8-23-11/h2-6,11H,8-9H2,1H3. The zero-order chi connectivity index (χ0) is 16.7. The van der Waals surface area contributed by atoms with Crippen molar-refractivity contribution in [3.63, 3.8) is 0 Å². The minimum absolute atomic E-state index is 0.0838. The van der Waals surface area contributed by atoms with Gasteiger partial charge in [-0.3, -0.25) is 13.8 Å². The predicted molar refractivity (Wildman–Crippen MR) is 88.8 cm³/mol. The van der Waals surface area contributed by atoms with Crippen LogP contribution in [0.5, 0.6) is 0 Å². The van der Waals surface area contributed by atoms with Crippen LogP contribution < -0.4 is 5.56 Å². The largest absolute Gasteiger partial charge is 0.372 e. The second kappa shape index (κ2) is 5.78. The normalized spacial score (nSPS) is 16.2. The van der Waals surface area contributed by atoms with Crippen molar-refractivity contribution in [2.75, 3.05) is 12.4 Å². The van der Waals surface area contributed by atoms with Crippen molar-refractivity contribution in [3.05, 3.63) is 46.2 Å². The SMILES string of the molecule is Cn1c(=O)c(C#N)c(-c2ccccc2)n2c(SCC3CO3)nnc12. The van der Waals surface area contributed by atoms with Crippen molar-refractivity contribution in [3.8, 4) is 17.3 Å². The summed E-state index contributed by atoms with van der Waals surface area (Å²) in [5.74, 6) is 1.18. The molecule has 1 atom stereocenters. The number of thioether (sulfide) groups is 1. The van der Waals surface area contributed by atoms with Gasteiger partial charge in [0.15, 0.2) is 5.16 Å². The molecule has 3 aromatic rings. The fraction of sp³-hybridized carbons (Fsp3) is 0.250. The number of rotatable bonds is 4. The van der Waals surface area contributed by atoms with E-state index < -0.39 is 0 Å². The maximum atomic E-state index is 12.5. The van der Waals surface area contributed by atoms with Crippen LogP contribution >= 0.6 is 11.8 Å². The molecule has 3 heterocycles. The number of aromatic nitrogens is 4. The predicted octanol–water partition coefficient (Wildman–Crippen LogP) is 1.46. The number of fused-ring (bicyclic) bond motifs is 1. The van der Waals surface area contributed by atoms with Crippen LogP contribution in [0, 0.1) is 11.3 Å². The summed E-state index contributed by atoms with van der Waals surface area (Å²) < 4.78 is 8.37. The Labute approximate surface area is 141 Å². The van der Waals surface area contributed by atoms with Gasteiger partial charge in [-0.05, 0) is 0 Å². The van der Waals surface area contributed by atoms with Crippen LogP contribution in [0.2, 0.25) is 0 Å². The topological polar surface area (TPSA) is 88.5 Å². The summed E-state index contributed by atoms with van der Waals surface area (Å²) in [6.07, 6.45) is 0.241.